The molecule has 1 fully saturated rings. The van der Waals surface area contributed by atoms with Gasteiger partial charge in [-0.05, 0) is 56.0 Å². The van der Waals surface area contributed by atoms with Crippen LogP contribution in [0.3, 0.4) is 0 Å². The van der Waals surface area contributed by atoms with Crippen molar-refractivity contribution in [3.05, 3.63) is 47.5 Å². The Morgan fingerprint density at radius 1 is 1.32 bits per heavy atom. The predicted octanol–water partition coefficient (Wildman–Crippen LogP) is 3.60. The van der Waals surface area contributed by atoms with Gasteiger partial charge >= 0.3 is 0 Å². The van der Waals surface area contributed by atoms with E-state index in [0.29, 0.717) is 17.2 Å². The fourth-order valence-corrected chi connectivity index (χ4v) is 3.15. The van der Waals surface area contributed by atoms with E-state index in [1.165, 1.54) is 6.07 Å². The highest BCUT2D eigenvalue weighted by Crippen LogP contribution is 2.28. The molecule has 1 aliphatic heterocycles. The van der Waals surface area contributed by atoms with Crippen molar-refractivity contribution in [2.45, 2.75) is 26.3 Å². The minimum atomic E-state index is -0.211. The van der Waals surface area contributed by atoms with Crippen LogP contribution in [0, 0.1) is 18.7 Å². The molecule has 1 aliphatic rings. The molecule has 118 valence electrons. The molecule has 1 unspecified atom stereocenters. The lowest BCUT2D eigenvalue weighted by molar-refractivity contribution is 0.110. The Morgan fingerprint density at radius 2 is 2.18 bits per heavy atom. The van der Waals surface area contributed by atoms with E-state index in [1.807, 2.05) is 18.2 Å². The van der Waals surface area contributed by atoms with Gasteiger partial charge in [0.2, 0.25) is 0 Å². The SMILES string of the molecule is Cc1c(F)cccc1-c1ccc(CN2CCCC(CO)C2)o1. The summed E-state index contributed by atoms with van der Waals surface area (Å²) < 4.78 is 19.6. The Kier molecular flexibility index (Phi) is 4.60. The summed E-state index contributed by atoms with van der Waals surface area (Å²) in [5, 5.41) is 9.30. The van der Waals surface area contributed by atoms with Crippen LogP contribution in [0.4, 0.5) is 4.39 Å². The zero-order chi connectivity index (χ0) is 15.5. The molecule has 4 heteroatoms. The van der Waals surface area contributed by atoms with Gasteiger partial charge in [-0.2, -0.15) is 0 Å². The summed E-state index contributed by atoms with van der Waals surface area (Å²) in [5.74, 6) is 1.76. The third-order valence-electron chi connectivity index (χ3n) is 4.44. The van der Waals surface area contributed by atoms with E-state index in [0.717, 1.165) is 43.8 Å². The summed E-state index contributed by atoms with van der Waals surface area (Å²) in [7, 11) is 0. The molecule has 3 nitrogen and oxygen atoms in total. The third-order valence-corrected chi connectivity index (χ3v) is 4.44. The van der Waals surface area contributed by atoms with Crippen molar-refractivity contribution in [1.82, 2.24) is 4.90 Å². The van der Waals surface area contributed by atoms with Crippen molar-refractivity contribution in [3.63, 3.8) is 0 Å². The van der Waals surface area contributed by atoms with E-state index in [-0.39, 0.29) is 12.4 Å². The summed E-state index contributed by atoms with van der Waals surface area (Å²) in [6.07, 6.45) is 2.21. The lowest BCUT2D eigenvalue weighted by atomic mass is 9.99. The first-order chi connectivity index (χ1) is 10.7. The van der Waals surface area contributed by atoms with Gasteiger partial charge in [-0.1, -0.05) is 12.1 Å². The average Bonchev–Trinajstić information content (AvgIpc) is 2.98. The molecule has 1 aromatic heterocycles. The van der Waals surface area contributed by atoms with Crippen molar-refractivity contribution in [2.24, 2.45) is 5.92 Å². The molecular formula is C18H22FNO2. The lowest BCUT2D eigenvalue weighted by Crippen LogP contribution is -2.36. The van der Waals surface area contributed by atoms with Crippen LogP contribution in [0.25, 0.3) is 11.3 Å². The number of hydrogen-bond donors (Lipinski definition) is 1. The normalized spacial score (nSPS) is 19.5. The van der Waals surface area contributed by atoms with Crippen molar-refractivity contribution in [2.75, 3.05) is 19.7 Å². The standard InChI is InChI=1S/C18H22FNO2/c1-13-16(5-2-6-17(13)19)18-8-7-15(22-18)11-20-9-3-4-14(10-20)12-21/h2,5-8,14,21H,3-4,9-12H2,1H3. The zero-order valence-electron chi connectivity index (χ0n) is 12.9. The van der Waals surface area contributed by atoms with Crippen LogP contribution < -0.4 is 0 Å². The highest BCUT2D eigenvalue weighted by atomic mass is 19.1. The van der Waals surface area contributed by atoms with Crippen LogP contribution in [0.15, 0.2) is 34.7 Å². The Morgan fingerprint density at radius 3 is 3.00 bits per heavy atom. The molecule has 3 rings (SSSR count). The van der Waals surface area contributed by atoms with Crippen LogP contribution in [-0.4, -0.2) is 29.7 Å². The van der Waals surface area contributed by atoms with Gasteiger partial charge in [0.25, 0.3) is 0 Å². The van der Waals surface area contributed by atoms with E-state index in [1.54, 1.807) is 13.0 Å². The number of halogens is 1. The average molecular weight is 303 g/mol. The minimum Gasteiger partial charge on any atom is -0.460 e. The topological polar surface area (TPSA) is 36.6 Å². The van der Waals surface area contributed by atoms with E-state index in [9.17, 15) is 9.50 Å². The fraction of sp³-hybridized carbons (Fsp3) is 0.444. The smallest absolute Gasteiger partial charge is 0.134 e. The number of benzene rings is 1. The van der Waals surface area contributed by atoms with E-state index in [4.69, 9.17) is 4.42 Å². The number of aliphatic hydroxyl groups excluding tert-OH is 1. The van der Waals surface area contributed by atoms with Crippen LogP contribution in [0.1, 0.15) is 24.2 Å². The molecular weight excluding hydrogens is 281 g/mol. The molecule has 2 aromatic rings. The maximum atomic E-state index is 13.7. The lowest BCUT2D eigenvalue weighted by Gasteiger charge is -2.30. The van der Waals surface area contributed by atoms with Gasteiger partial charge in [0.1, 0.15) is 17.3 Å². The molecule has 0 bridgehead atoms. The molecule has 1 aromatic carbocycles. The number of nitrogens with zero attached hydrogens (tertiary/aromatic N) is 1. The Labute approximate surface area is 130 Å². The molecule has 0 spiro atoms. The molecule has 1 N–H and O–H groups in total. The van der Waals surface area contributed by atoms with E-state index < -0.39 is 0 Å². The maximum Gasteiger partial charge on any atom is 0.134 e. The van der Waals surface area contributed by atoms with E-state index >= 15 is 0 Å². The first kappa shape index (κ1) is 15.3. The second kappa shape index (κ2) is 6.63. The molecule has 1 saturated heterocycles. The number of furan rings is 1. The molecule has 0 radical (unpaired) electrons. The van der Waals surface area contributed by atoms with Crippen LogP contribution in [-0.2, 0) is 6.54 Å². The van der Waals surface area contributed by atoms with Crippen molar-refractivity contribution in [3.8, 4) is 11.3 Å². The summed E-state index contributed by atoms with van der Waals surface area (Å²) in [4.78, 5) is 2.31. The van der Waals surface area contributed by atoms with Crippen LogP contribution in [0.2, 0.25) is 0 Å². The molecule has 1 atom stereocenters. The summed E-state index contributed by atoms with van der Waals surface area (Å²) in [6.45, 7) is 4.70. The third kappa shape index (κ3) is 3.23. The number of aliphatic hydroxyl groups is 1. The Balaban J connectivity index is 1.72. The van der Waals surface area contributed by atoms with Crippen molar-refractivity contribution >= 4 is 0 Å². The number of hydrogen-bond acceptors (Lipinski definition) is 3. The highest BCUT2D eigenvalue weighted by Gasteiger charge is 2.20. The minimum absolute atomic E-state index is 0.211. The van der Waals surface area contributed by atoms with Gasteiger partial charge in [-0.3, -0.25) is 4.90 Å². The van der Waals surface area contributed by atoms with Gasteiger partial charge in [0, 0.05) is 18.7 Å². The number of rotatable bonds is 4. The van der Waals surface area contributed by atoms with Crippen molar-refractivity contribution < 1.29 is 13.9 Å². The second-order valence-corrected chi connectivity index (χ2v) is 6.10. The molecule has 0 aliphatic carbocycles. The van der Waals surface area contributed by atoms with Crippen LogP contribution in [0.5, 0.6) is 0 Å². The fourth-order valence-electron chi connectivity index (χ4n) is 3.15. The summed E-state index contributed by atoms with van der Waals surface area (Å²) in [5.41, 5.74) is 1.42. The van der Waals surface area contributed by atoms with Gasteiger partial charge in [0.05, 0.1) is 6.54 Å². The molecule has 2 heterocycles. The van der Waals surface area contributed by atoms with Gasteiger partial charge < -0.3 is 9.52 Å². The van der Waals surface area contributed by atoms with Gasteiger partial charge in [-0.15, -0.1) is 0 Å². The number of likely N-dealkylation sites (tertiary alicyclic amines) is 1. The van der Waals surface area contributed by atoms with Crippen LogP contribution >= 0.6 is 0 Å². The monoisotopic (exact) mass is 303 g/mol. The zero-order valence-corrected chi connectivity index (χ0v) is 12.9. The Hall–Kier alpha value is -1.65. The molecule has 0 amide bonds. The summed E-state index contributed by atoms with van der Waals surface area (Å²) >= 11 is 0. The highest BCUT2D eigenvalue weighted by molar-refractivity contribution is 5.62. The number of piperidine rings is 1. The second-order valence-electron chi connectivity index (χ2n) is 6.10. The van der Waals surface area contributed by atoms with Gasteiger partial charge in [-0.25, -0.2) is 4.39 Å². The largest absolute Gasteiger partial charge is 0.460 e. The Bertz CT molecular complexity index is 638. The van der Waals surface area contributed by atoms with Gasteiger partial charge in [0.15, 0.2) is 0 Å². The maximum absolute atomic E-state index is 13.7. The summed E-state index contributed by atoms with van der Waals surface area (Å²) in [6, 6.07) is 8.91. The predicted molar refractivity (Wildman–Crippen MR) is 83.9 cm³/mol. The first-order valence-electron chi connectivity index (χ1n) is 7.85. The quantitative estimate of drug-likeness (QED) is 0.937. The first-order valence-corrected chi connectivity index (χ1v) is 7.85. The van der Waals surface area contributed by atoms with E-state index in [2.05, 4.69) is 4.90 Å². The molecule has 0 saturated carbocycles. The van der Waals surface area contributed by atoms with Crippen molar-refractivity contribution in [1.29, 1.82) is 0 Å². The molecule has 22 heavy (non-hydrogen) atoms.